The summed E-state index contributed by atoms with van der Waals surface area (Å²) < 4.78 is 43.5. The number of hydrogen-bond acceptors (Lipinski definition) is 5. The summed E-state index contributed by atoms with van der Waals surface area (Å²) in [6.45, 7) is 0.225. The second-order valence-electron chi connectivity index (χ2n) is 6.17. The fraction of sp³-hybridized carbons (Fsp3) is 0.100. The van der Waals surface area contributed by atoms with E-state index in [1.54, 1.807) is 36.4 Å². The van der Waals surface area contributed by atoms with Crippen molar-refractivity contribution in [3.8, 4) is 11.6 Å². The Kier molecular flexibility index (Phi) is 6.08. The Bertz CT molecular complexity index is 1100. The van der Waals surface area contributed by atoms with Gasteiger partial charge in [0.15, 0.2) is 0 Å². The summed E-state index contributed by atoms with van der Waals surface area (Å²) in [4.78, 5) is 16.6. The third-order valence-corrected chi connectivity index (χ3v) is 4.36. The van der Waals surface area contributed by atoms with E-state index in [9.17, 15) is 17.6 Å². The fourth-order valence-corrected chi connectivity index (χ4v) is 3.01. The molecule has 0 saturated heterocycles. The Morgan fingerprint density at radius 2 is 1.76 bits per heavy atom. The van der Waals surface area contributed by atoms with Gasteiger partial charge in [-0.2, -0.15) is 0 Å². The second-order valence-corrected chi connectivity index (χ2v) is 7.91. The average molecular weight is 415 g/mol. The molecule has 0 radical (unpaired) electrons. The first-order chi connectivity index (χ1) is 13.8. The van der Waals surface area contributed by atoms with E-state index < -0.39 is 21.7 Å². The lowest BCUT2D eigenvalue weighted by Gasteiger charge is -2.11. The highest BCUT2D eigenvalue weighted by molar-refractivity contribution is 7.92. The number of aromatic nitrogens is 1. The molecule has 0 aliphatic rings. The first-order valence-electron chi connectivity index (χ1n) is 8.53. The van der Waals surface area contributed by atoms with Crippen LogP contribution < -0.4 is 14.8 Å². The molecule has 3 aromatic rings. The number of hydrogen-bond donors (Lipinski definition) is 2. The SMILES string of the molecule is CS(=O)(=O)Nc1ccc(CNC(=O)c2cccnc2Oc2ccc(F)cc2)cc1. The van der Waals surface area contributed by atoms with E-state index in [2.05, 4.69) is 15.0 Å². The first-order valence-corrected chi connectivity index (χ1v) is 10.4. The Hall–Kier alpha value is -3.46. The number of nitrogens with zero attached hydrogens (tertiary/aromatic N) is 1. The molecule has 0 atom stereocenters. The van der Waals surface area contributed by atoms with Crippen molar-refractivity contribution in [1.29, 1.82) is 0 Å². The summed E-state index contributed by atoms with van der Waals surface area (Å²) in [5.74, 6) is -0.333. The molecule has 0 spiro atoms. The largest absolute Gasteiger partial charge is 0.438 e. The Balaban J connectivity index is 1.66. The normalized spacial score (nSPS) is 11.0. The minimum atomic E-state index is -3.35. The molecular weight excluding hydrogens is 397 g/mol. The number of ether oxygens (including phenoxy) is 1. The van der Waals surface area contributed by atoms with E-state index in [1.807, 2.05) is 0 Å². The maximum atomic E-state index is 13.0. The molecule has 0 aliphatic carbocycles. The van der Waals surface area contributed by atoms with Crippen LogP contribution in [0.2, 0.25) is 0 Å². The van der Waals surface area contributed by atoms with E-state index in [4.69, 9.17) is 4.74 Å². The number of nitrogens with one attached hydrogen (secondary N) is 2. The summed E-state index contributed by atoms with van der Waals surface area (Å²) in [5.41, 5.74) is 1.44. The highest BCUT2D eigenvalue weighted by Crippen LogP contribution is 2.23. The van der Waals surface area contributed by atoms with Gasteiger partial charge in [0.05, 0.1) is 6.26 Å². The maximum absolute atomic E-state index is 13.0. The van der Waals surface area contributed by atoms with Crippen LogP contribution in [0.1, 0.15) is 15.9 Å². The molecule has 0 saturated carbocycles. The van der Waals surface area contributed by atoms with Crippen LogP contribution in [0.3, 0.4) is 0 Å². The van der Waals surface area contributed by atoms with Gasteiger partial charge in [-0.3, -0.25) is 9.52 Å². The number of carbonyl (C=O) groups excluding carboxylic acids is 1. The minimum Gasteiger partial charge on any atom is -0.438 e. The molecule has 0 unspecified atom stereocenters. The third-order valence-electron chi connectivity index (χ3n) is 3.75. The topological polar surface area (TPSA) is 97.4 Å². The molecule has 1 aromatic heterocycles. The number of amides is 1. The zero-order valence-electron chi connectivity index (χ0n) is 15.4. The van der Waals surface area contributed by atoms with Gasteiger partial charge in [0.1, 0.15) is 17.1 Å². The molecule has 9 heteroatoms. The van der Waals surface area contributed by atoms with Crippen LogP contribution in [-0.4, -0.2) is 25.6 Å². The van der Waals surface area contributed by atoms with Gasteiger partial charge < -0.3 is 10.1 Å². The number of benzene rings is 2. The van der Waals surface area contributed by atoms with Crippen molar-refractivity contribution in [2.24, 2.45) is 0 Å². The molecule has 0 aliphatic heterocycles. The smallest absolute Gasteiger partial charge is 0.257 e. The molecule has 150 valence electrons. The van der Waals surface area contributed by atoms with E-state index in [-0.39, 0.29) is 18.0 Å². The number of rotatable bonds is 7. The van der Waals surface area contributed by atoms with Crippen molar-refractivity contribution in [2.75, 3.05) is 11.0 Å². The molecular formula is C20H18FN3O4S. The van der Waals surface area contributed by atoms with Crippen LogP contribution in [0.15, 0.2) is 66.9 Å². The third kappa shape index (κ3) is 6.01. The molecule has 1 amide bonds. The first kappa shape index (κ1) is 20.3. The Labute approximate surface area is 167 Å². The van der Waals surface area contributed by atoms with Crippen molar-refractivity contribution in [2.45, 2.75) is 6.54 Å². The zero-order chi connectivity index (χ0) is 20.9. The maximum Gasteiger partial charge on any atom is 0.257 e. The monoisotopic (exact) mass is 415 g/mol. The molecule has 3 rings (SSSR count). The van der Waals surface area contributed by atoms with Crippen LogP contribution in [0.5, 0.6) is 11.6 Å². The lowest BCUT2D eigenvalue weighted by molar-refractivity contribution is 0.0948. The van der Waals surface area contributed by atoms with Crippen molar-refractivity contribution in [3.63, 3.8) is 0 Å². The average Bonchev–Trinajstić information content (AvgIpc) is 2.68. The van der Waals surface area contributed by atoms with Crippen LogP contribution in [0.4, 0.5) is 10.1 Å². The minimum absolute atomic E-state index is 0.101. The molecule has 1 heterocycles. The summed E-state index contributed by atoms with van der Waals surface area (Å²) in [5, 5.41) is 2.76. The van der Waals surface area contributed by atoms with Gasteiger partial charge in [0.25, 0.3) is 5.91 Å². The van der Waals surface area contributed by atoms with Crippen molar-refractivity contribution in [1.82, 2.24) is 10.3 Å². The second kappa shape index (κ2) is 8.70. The van der Waals surface area contributed by atoms with E-state index in [0.717, 1.165) is 11.8 Å². The Morgan fingerprint density at radius 1 is 1.07 bits per heavy atom. The van der Waals surface area contributed by atoms with E-state index in [0.29, 0.717) is 11.4 Å². The summed E-state index contributed by atoms with van der Waals surface area (Å²) >= 11 is 0. The summed E-state index contributed by atoms with van der Waals surface area (Å²) in [6, 6.07) is 15.2. The zero-order valence-corrected chi connectivity index (χ0v) is 16.2. The summed E-state index contributed by atoms with van der Waals surface area (Å²) in [6.07, 6.45) is 2.56. The van der Waals surface area contributed by atoms with Gasteiger partial charge in [-0.15, -0.1) is 0 Å². The van der Waals surface area contributed by atoms with Crippen LogP contribution in [0.25, 0.3) is 0 Å². The van der Waals surface area contributed by atoms with Crippen LogP contribution >= 0.6 is 0 Å². The number of carbonyl (C=O) groups is 1. The fourth-order valence-electron chi connectivity index (χ4n) is 2.44. The number of pyridine rings is 1. The summed E-state index contributed by atoms with van der Waals surface area (Å²) in [7, 11) is -3.35. The quantitative estimate of drug-likeness (QED) is 0.617. The number of sulfonamides is 1. The van der Waals surface area contributed by atoms with Crippen molar-refractivity contribution >= 4 is 21.6 Å². The van der Waals surface area contributed by atoms with Crippen LogP contribution in [0, 0.1) is 5.82 Å². The lowest BCUT2D eigenvalue weighted by atomic mass is 10.2. The molecule has 0 bridgehead atoms. The predicted octanol–water partition coefficient (Wildman–Crippen LogP) is 3.31. The van der Waals surface area contributed by atoms with Crippen molar-refractivity contribution in [3.05, 3.63) is 83.8 Å². The van der Waals surface area contributed by atoms with Gasteiger partial charge in [0.2, 0.25) is 15.9 Å². The molecule has 2 aromatic carbocycles. The van der Waals surface area contributed by atoms with E-state index >= 15 is 0 Å². The van der Waals surface area contributed by atoms with E-state index in [1.165, 1.54) is 30.5 Å². The predicted molar refractivity (Wildman–Crippen MR) is 107 cm³/mol. The van der Waals surface area contributed by atoms with Gasteiger partial charge in [-0.1, -0.05) is 12.1 Å². The highest BCUT2D eigenvalue weighted by atomic mass is 32.2. The number of anilines is 1. The molecule has 29 heavy (non-hydrogen) atoms. The van der Waals surface area contributed by atoms with Gasteiger partial charge in [0, 0.05) is 18.4 Å². The van der Waals surface area contributed by atoms with Crippen molar-refractivity contribution < 1.29 is 22.3 Å². The highest BCUT2D eigenvalue weighted by Gasteiger charge is 2.14. The number of halogens is 1. The molecule has 7 nitrogen and oxygen atoms in total. The lowest BCUT2D eigenvalue weighted by Crippen LogP contribution is -2.23. The van der Waals surface area contributed by atoms with Crippen LogP contribution in [-0.2, 0) is 16.6 Å². The Morgan fingerprint density at radius 3 is 2.41 bits per heavy atom. The molecule has 2 N–H and O–H groups in total. The van der Waals surface area contributed by atoms with Gasteiger partial charge in [-0.05, 0) is 54.1 Å². The standard InChI is InChI=1S/C20H18FN3O4S/c1-29(26,27)24-16-8-4-14(5-9-16)13-23-19(25)18-3-2-12-22-20(18)28-17-10-6-15(21)7-11-17/h2-12,24H,13H2,1H3,(H,23,25). The van der Waals surface area contributed by atoms with Gasteiger partial charge >= 0.3 is 0 Å². The molecule has 0 fully saturated rings. The van der Waals surface area contributed by atoms with Gasteiger partial charge in [-0.25, -0.2) is 17.8 Å².